The number of methoxy groups -OCH3 is 1. The van der Waals surface area contributed by atoms with Gasteiger partial charge in [0.1, 0.15) is 5.69 Å². The van der Waals surface area contributed by atoms with E-state index in [0.29, 0.717) is 11.1 Å². The van der Waals surface area contributed by atoms with Gasteiger partial charge in [-0.25, -0.2) is 14.8 Å². The summed E-state index contributed by atoms with van der Waals surface area (Å²) in [5.41, 5.74) is 9.53. The van der Waals surface area contributed by atoms with Gasteiger partial charge in [-0.2, -0.15) is 9.78 Å². The molecule has 216 valence electrons. The number of hydrogen-bond acceptors (Lipinski definition) is 13. The van der Waals surface area contributed by atoms with Gasteiger partial charge in [-0.05, 0) is 47.1 Å². The normalized spacial score (nSPS) is 10.9. The predicted molar refractivity (Wildman–Crippen MR) is 150 cm³/mol. The van der Waals surface area contributed by atoms with Crippen molar-refractivity contribution in [2.24, 2.45) is 5.10 Å². The SMILES string of the molecule is COc1cc(C=NNC(=O)c2nnn(-c3nonc3N)c2-c2ccccc2)ccc1OC(=O)c1cccc([N+](=O)[O-])c1C. The number of amides is 1. The van der Waals surface area contributed by atoms with Crippen LogP contribution in [-0.2, 0) is 0 Å². The van der Waals surface area contributed by atoms with Gasteiger partial charge in [0, 0.05) is 17.2 Å². The third-order valence-electron chi connectivity index (χ3n) is 6.12. The Bertz CT molecular complexity index is 1870. The first kappa shape index (κ1) is 28.1. The molecule has 16 nitrogen and oxygen atoms in total. The summed E-state index contributed by atoms with van der Waals surface area (Å²) >= 11 is 0. The highest BCUT2D eigenvalue weighted by atomic mass is 16.6. The minimum atomic E-state index is -0.793. The number of hydrazone groups is 1. The summed E-state index contributed by atoms with van der Waals surface area (Å²) in [5, 5.41) is 30.5. The van der Waals surface area contributed by atoms with Crippen molar-refractivity contribution < 1.29 is 28.6 Å². The molecule has 0 aliphatic carbocycles. The van der Waals surface area contributed by atoms with Crippen LogP contribution in [0.3, 0.4) is 0 Å². The van der Waals surface area contributed by atoms with Gasteiger partial charge in [-0.1, -0.05) is 41.6 Å². The van der Waals surface area contributed by atoms with E-state index in [1.54, 1.807) is 30.3 Å². The smallest absolute Gasteiger partial charge is 0.344 e. The minimum absolute atomic E-state index is 0.0407. The number of esters is 1. The van der Waals surface area contributed by atoms with Crippen molar-refractivity contribution in [3.8, 4) is 28.6 Å². The van der Waals surface area contributed by atoms with E-state index < -0.39 is 16.8 Å². The highest BCUT2D eigenvalue weighted by Gasteiger charge is 2.25. The number of nitrogen functional groups attached to an aromatic ring is 1. The Labute approximate surface area is 241 Å². The van der Waals surface area contributed by atoms with E-state index in [1.807, 2.05) is 6.07 Å². The van der Waals surface area contributed by atoms with Gasteiger partial charge < -0.3 is 15.2 Å². The van der Waals surface area contributed by atoms with Gasteiger partial charge >= 0.3 is 5.97 Å². The molecule has 0 radical (unpaired) electrons. The quantitative estimate of drug-likeness (QED) is 0.0841. The summed E-state index contributed by atoms with van der Waals surface area (Å²) < 4.78 is 16.7. The maximum Gasteiger partial charge on any atom is 0.344 e. The number of rotatable bonds is 9. The van der Waals surface area contributed by atoms with Gasteiger partial charge in [0.2, 0.25) is 11.6 Å². The van der Waals surface area contributed by atoms with E-state index >= 15 is 0 Å². The number of carbonyl (C=O) groups is 2. The number of nitrogens with one attached hydrogen (secondary N) is 1. The number of aromatic nitrogens is 5. The van der Waals surface area contributed by atoms with Crippen LogP contribution in [0.4, 0.5) is 11.5 Å². The van der Waals surface area contributed by atoms with Crippen LogP contribution >= 0.6 is 0 Å². The van der Waals surface area contributed by atoms with Gasteiger partial charge in [-0.3, -0.25) is 14.9 Å². The van der Waals surface area contributed by atoms with Crippen molar-refractivity contribution in [1.29, 1.82) is 0 Å². The zero-order valence-electron chi connectivity index (χ0n) is 22.5. The number of anilines is 1. The van der Waals surface area contributed by atoms with Crippen molar-refractivity contribution in [1.82, 2.24) is 30.7 Å². The van der Waals surface area contributed by atoms with Gasteiger partial charge in [0.25, 0.3) is 11.6 Å². The topological polar surface area (TPSA) is 216 Å². The lowest BCUT2D eigenvalue weighted by atomic mass is 10.1. The second-order valence-electron chi connectivity index (χ2n) is 8.74. The number of hydrogen-bond donors (Lipinski definition) is 2. The van der Waals surface area contributed by atoms with Crippen LogP contribution in [0.2, 0.25) is 0 Å². The van der Waals surface area contributed by atoms with Crippen LogP contribution in [-0.4, -0.2) is 55.4 Å². The molecule has 3 N–H and O–H groups in total. The van der Waals surface area contributed by atoms with Crippen LogP contribution in [0.25, 0.3) is 17.1 Å². The molecule has 0 saturated carbocycles. The van der Waals surface area contributed by atoms with Crippen LogP contribution in [0.15, 0.2) is 76.5 Å². The Balaban J connectivity index is 1.34. The van der Waals surface area contributed by atoms with Crippen LogP contribution in [0.5, 0.6) is 11.5 Å². The molecule has 5 rings (SSSR count). The number of nitrogens with two attached hydrogens (primary N) is 1. The van der Waals surface area contributed by atoms with E-state index in [1.165, 1.54) is 55.3 Å². The first-order valence-electron chi connectivity index (χ1n) is 12.4. The van der Waals surface area contributed by atoms with Gasteiger partial charge in [0.05, 0.1) is 23.8 Å². The van der Waals surface area contributed by atoms with Crippen molar-refractivity contribution in [2.45, 2.75) is 6.92 Å². The zero-order valence-corrected chi connectivity index (χ0v) is 22.5. The summed E-state index contributed by atoms with van der Waals surface area (Å²) in [6.45, 7) is 1.46. The third kappa shape index (κ3) is 5.73. The standard InChI is InChI=1S/C27H21N9O7/c1-15-18(9-6-10-19(15)36(39)40)27(38)42-20-12-11-16(13-21(20)41-2)14-29-31-26(37)22-23(17-7-4-3-5-8-17)35(34-30-22)25-24(28)32-43-33-25/h3-14H,1-2H3,(H2,28,32)(H,31,37). The molecule has 0 bridgehead atoms. The van der Waals surface area contributed by atoms with Crippen LogP contribution in [0.1, 0.15) is 32.0 Å². The van der Waals surface area contributed by atoms with Crippen molar-refractivity contribution in [3.05, 3.63) is 99.2 Å². The molecule has 43 heavy (non-hydrogen) atoms. The first-order valence-corrected chi connectivity index (χ1v) is 12.4. The maximum atomic E-state index is 13.1. The molecule has 3 aromatic carbocycles. The molecule has 0 unspecified atom stereocenters. The van der Waals surface area contributed by atoms with Crippen molar-refractivity contribution in [3.63, 3.8) is 0 Å². The average molecular weight is 584 g/mol. The lowest BCUT2D eigenvalue weighted by Crippen LogP contribution is -2.19. The summed E-state index contributed by atoms with van der Waals surface area (Å²) in [6.07, 6.45) is 1.34. The summed E-state index contributed by atoms with van der Waals surface area (Å²) in [5.74, 6) is -1.21. The number of nitro groups is 1. The highest BCUT2D eigenvalue weighted by Crippen LogP contribution is 2.30. The Morgan fingerprint density at radius 2 is 1.88 bits per heavy atom. The largest absolute Gasteiger partial charge is 0.493 e. The van der Waals surface area contributed by atoms with Gasteiger partial charge in [0.15, 0.2) is 17.2 Å². The van der Waals surface area contributed by atoms with Crippen LogP contribution < -0.4 is 20.6 Å². The summed E-state index contributed by atoms with van der Waals surface area (Å²) in [7, 11) is 1.37. The molecular formula is C27H21N9O7. The molecule has 16 heteroatoms. The van der Waals surface area contributed by atoms with Crippen LogP contribution in [0, 0.1) is 17.0 Å². The lowest BCUT2D eigenvalue weighted by molar-refractivity contribution is -0.385. The second kappa shape index (κ2) is 12.0. The fourth-order valence-electron chi connectivity index (χ4n) is 4.04. The first-order chi connectivity index (χ1) is 20.8. The molecule has 0 atom stereocenters. The number of nitro benzene ring substituents is 1. The summed E-state index contributed by atoms with van der Waals surface area (Å²) in [4.78, 5) is 36.5. The molecule has 0 fully saturated rings. The van der Waals surface area contributed by atoms with Crippen molar-refractivity contribution in [2.75, 3.05) is 12.8 Å². The number of carbonyl (C=O) groups excluding carboxylic acids is 2. The predicted octanol–water partition coefficient (Wildman–Crippen LogP) is 3.11. The zero-order chi connectivity index (χ0) is 30.5. The third-order valence-corrected chi connectivity index (χ3v) is 6.12. The van der Waals surface area contributed by atoms with E-state index in [9.17, 15) is 19.7 Å². The summed E-state index contributed by atoms with van der Waals surface area (Å²) in [6, 6.07) is 17.5. The Morgan fingerprint density at radius 1 is 1.09 bits per heavy atom. The van der Waals surface area contributed by atoms with E-state index in [-0.39, 0.29) is 51.3 Å². The fraction of sp³-hybridized carbons (Fsp3) is 0.0741. The fourth-order valence-corrected chi connectivity index (χ4v) is 4.04. The molecule has 2 aromatic heterocycles. The van der Waals surface area contributed by atoms with E-state index in [2.05, 4.69) is 35.8 Å². The van der Waals surface area contributed by atoms with E-state index in [0.717, 1.165) is 0 Å². The number of benzene rings is 3. The molecule has 2 heterocycles. The number of nitrogens with zero attached hydrogens (tertiary/aromatic N) is 7. The average Bonchev–Trinajstić information content (AvgIpc) is 3.64. The van der Waals surface area contributed by atoms with E-state index in [4.69, 9.17) is 15.2 Å². The monoisotopic (exact) mass is 583 g/mol. The molecule has 0 aliphatic rings. The molecular weight excluding hydrogens is 562 g/mol. The molecule has 0 spiro atoms. The minimum Gasteiger partial charge on any atom is -0.493 e. The highest BCUT2D eigenvalue weighted by molar-refractivity contribution is 5.99. The Kier molecular flexibility index (Phi) is 7.82. The molecule has 5 aromatic rings. The molecule has 1 amide bonds. The Morgan fingerprint density at radius 3 is 2.58 bits per heavy atom. The second-order valence-corrected chi connectivity index (χ2v) is 8.74. The maximum absolute atomic E-state index is 13.1. The molecule has 0 saturated heterocycles. The molecule has 0 aliphatic heterocycles. The Hall–Kier alpha value is -6.45. The van der Waals surface area contributed by atoms with Gasteiger partial charge in [-0.15, -0.1) is 5.10 Å². The van der Waals surface area contributed by atoms with Crippen molar-refractivity contribution >= 4 is 29.6 Å². The number of ether oxygens (including phenoxy) is 2. The lowest BCUT2D eigenvalue weighted by Gasteiger charge is -2.11.